The lowest BCUT2D eigenvalue weighted by Gasteiger charge is -2.29. The molecule has 0 saturated carbocycles. The largest absolute Gasteiger partial charge is 0.463 e. The first-order valence-electron chi connectivity index (χ1n) is 9.25. The molecule has 31 heavy (non-hydrogen) atoms. The van der Waals surface area contributed by atoms with Gasteiger partial charge in [-0.25, -0.2) is 18.8 Å². The van der Waals surface area contributed by atoms with Crippen LogP contribution >= 0.6 is 11.6 Å². The number of halogens is 2. The maximum Gasteiger partial charge on any atom is 0.340 e. The number of hydrogen-bond acceptors (Lipinski definition) is 6. The molecule has 1 heterocycles. The molecular formula is C21H19ClFN3O5. The molecule has 8 nitrogen and oxygen atoms in total. The van der Waals surface area contributed by atoms with Gasteiger partial charge in [0.15, 0.2) is 0 Å². The van der Waals surface area contributed by atoms with Gasteiger partial charge in [-0.1, -0.05) is 23.7 Å². The van der Waals surface area contributed by atoms with Crippen molar-refractivity contribution in [3.8, 4) is 0 Å². The van der Waals surface area contributed by atoms with Crippen molar-refractivity contribution in [2.45, 2.75) is 13.0 Å². The predicted molar refractivity (Wildman–Crippen MR) is 111 cm³/mol. The fourth-order valence-corrected chi connectivity index (χ4v) is 3.15. The first-order valence-corrected chi connectivity index (χ1v) is 9.63. The van der Waals surface area contributed by atoms with Gasteiger partial charge in [0, 0.05) is 10.7 Å². The van der Waals surface area contributed by atoms with Gasteiger partial charge in [0.25, 0.3) is 0 Å². The highest BCUT2D eigenvalue weighted by Gasteiger charge is 2.34. The Morgan fingerprint density at radius 1 is 1.13 bits per heavy atom. The molecule has 2 amide bonds. The van der Waals surface area contributed by atoms with Crippen LogP contribution in [0.4, 0.5) is 14.9 Å². The number of nitrogens with two attached hydrogens (primary N) is 1. The van der Waals surface area contributed by atoms with Gasteiger partial charge in [-0.05, 0) is 42.8 Å². The number of esters is 2. The van der Waals surface area contributed by atoms with Crippen LogP contribution in [0.25, 0.3) is 0 Å². The van der Waals surface area contributed by atoms with Crippen molar-refractivity contribution < 1.29 is 28.2 Å². The number of carbonyl (C=O) groups is 3. The van der Waals surface area contributed by atoms with E-state index in [-0.39, 0.29) is 29.1 Å². The second-order valence-electron chi connectivity index (χ2n) is 6.50. The maximum absolute atomic E-state index is 13.2. The number of hydrogen-bond donors (Lipinski definition) is 3. The van der Waals surface area contributed by atoms with Crippen molar-refractivity contribution in [2.24, 2.45) is 0 Å². The second kappa shape index (κ2) is 9.48. The van der Waals surface area contributed by atoms with Gasteiger partial charge >= 0.3 is 18.0 Å². The Labute approximate surface area is 182 Å². The van der Waals surface area contributed by atoms with Crippen molar-refractivity contribution in [2.75, 3.05) is 18.9 Å². The van der Waals surface area contributed by atoms with Crippen LogP contribution in [-0.2, 0) is 14.3 Å². The number of amides is 2. The van der Waals surface area contributed by atoms with E-state index >= 15 is 0 Å². The third-order valence-corrected chi connectivity index (χ3v) is 4.69. The Bertz CT molecular complexity index is 1060. The summed E-state index contributed by atoms with van der Waals surface area (Å²) >= 11 is 5.93. The van der Waals surface area contributed by atoms with Gasteiger partial charge in [-0.2, -0.15) is 0 Å². The average molecular weight is 448 g/mol. The van der Waals surface area contributed by atoms with E-state index in [9.17, 15) is 18.8 Å². The summed E-state index contributed by atoms with van der Waals surface area (Å²) in [5, 5.41) is 5.62. The van der Waals surface area contributed by atoms with E-state index in [2.05, 4.69) is 10.6 Å². The molecule has 0 fully saturated rings. The minimum Gasteiger partial charge on any atom is -0.463 e. The molecule has 3 rings (SSSR count). The first-order chi connectivity index (χ1) is 14.8. The van der Waals surface area contributed by atoms with Crippen molar-refractivity contribution in [3.63, 3.8) is 0 Å². The van der Waals surface area contributed by atoms with Crippen LogP contribution in [0, 0.1) is 5.82 Å². The fourth-order valence-electron chi connectivity index (χ4n) is 3.02. The molecule has 0 aromatic heterocycles. The van der Waals surface area contributed by atoms with E-state index in [0.29, 0.717) is 10.6 Å². The highest BCUT2D eigenvalue weighted by molar-refractivity contribution is 6.30. The molecule has 1 aliphatic heterocycles. The Morgan fingerprint density at radius 3 is 2.48 bits per heavy atom. The molecule has 0 radical (unpaired) electrons. The lowest BCUT2D eigenvalue weighted by molar-refractivity contribution is -0.139. The normalized spacial score (nSPS) is 15.7. The summed E-state index contributed by atoms with van der Waals surface area (Å²) in [6.45, 7) is 1.30. The highest BCUT2D eigenvalue weighted by Crippen LogP contribution is 2.29. The van der Waals surface area contributed by atoms with Gasteiger partial charge in [0.1, 0.15) is 12.4 Å². The molecule has 1 aliphatic rings. The minimum absolute atomic E-state index is 0.0470. The summed E-state index contributed by atoms with van der Waals surface area (Å²) in [5.74, 6) is -2.14. The van der Waals surface area contributed by atoms with E-state index in [4.69, 9.17) is 26.8 Å². The lowest BCUT2D eigenvalue weighted by atomic mass is 9.95. The van der Waals surface area contributed by atoms with Crippen molar-refractivity contribution in [1.29, 1.82) is 0 Å². The highest BCUT2D eigenvalue weighted by atomic mass is 35.5. The standard InChI is InChI=1S/C21H19ClFN3O5/c1-2-30-20(28)17-16(10-31-19(27)14-8-7-13(23)9-15(14)24)25-21(29)26-18(17)11-3-5-12(22)6-4-11/h3-9,18H,2,10,24H2,1H3,(H2,25,26,29). The number of urea groups is 1. The molecule has 2 aromatic rings. The number of ether oxygens (including phenoxy) is 2. The zero-order valence-electron chi connectivity index (χ0n) is 16.4. The van der Waals surface area contributed by atoms with Crippen LogP contribution in [0.15, 0.2) is 53.7 Å². The predicted octanol–water partition coefficient (Wildman–Crippen LogP) is 3.09. The summed E-state index contributed by atoms with van der Waals surface area (Å²) in [4.78, 5) is 37.3. The van der Waals surface area contributed by atoms with Crippen LogP contribution in [-0.4, -0.2) is 31.2 Å². The first kappa shape index (κ1) is 22.1. The third kappa shape index (κ3) is 5.13. The summed E-state index contributed by atoms with van der Waals surface area (Å²) in [5.41, 5.74) is 6.22. The van der Waals surface area contributed by atoms with Gasteiger partial charge < -0.3 is 25.8 Å². The number of benzene rings is 2. The number of anilines is 1. The Kier molecular flexibility index (Phi) is 6.76. The fraction of sp³-hybridized carbons (Fsp3) is 0.190. The second-order valence-corrected chi connectivity index (χ2v) is 6.94. The van der Waals surface area contributed by atoms with E-state index in [1.54, 1.807) is 31.2 Å². The topological polar surface area (TPSA) is 120 Å². The van der Waals surface area contributed by atoms with Crippen molar-refractivity contribution in [3.05, 3.63) is 75.7 Å². The number of nitrogen functional groups attached to an aromatic ring is 1. The van der Waals surface area contributed by atoms with E-state index in [1.807, 2.05) is 0 Å². The summed E-state index contributed by atoms with van der Waals surface area (Å²) in [6.07, 6.45) is 0. The molecule has 1 atom stereocenters. The Balaban J connectivity index is 1.93. The molecule has 0 aliphatic carbocycles. The molecule has 0 saturated heterocycles. The van der Waals surface area contributed by atoms with Gasteiger partial charge in [0.05, 0.1) is 29.5 Å². The maximum atomic E-state index is 13.2. The zero-order chi connectivity index (χ0) is 22.5. The molecule has 10 heteroatoms. The third-order valence-electron chi connectivity index (χ3n) is 4.43. The van der Waals surface area contributed by atoms with Crippen LogP contribution in [0.5, 0.6) is 0 Å². The molecule has 2 aromatic carbocycles. The number of rotatable bonds is 6. The molecule has 1 unspecified atom stereocenters. The van der Waals surface area contributed by atoms with E-state index in [1.165, 1.54) is 6.07 Å². The average Bonchev–Trinajstić information content (AvgIpc) is 2.72. The summed E-state index contributed by atoms with van der Waals surface area (Å²) in [6, 6.07) is 8.33. The van der Waals surface area contributed by atoms with E-state index < -0.39 is 36.4 Å². The number of nitrogens with one attached hydrogen (secondary N) is 2. The van der Waals surface area contributed by atoms with Gasteiger partial charge in [-0.15, -0.1) is 0 Å². The zero-order valence-corrected chi connectivity index (χ0v) is 17.2. The van der Waals surface area contributed by atoms with Crippen LogP contribution in [0.3, 0.4) is 0 Å². The monoisotopic (exact) mass is 447 g/mol. The van der Waals surface area contributed by atoms with Crippen LogP contribution < -0.4 is 16.4 Å². The molecular weight excluding hydrogens is 429 g/mol. The smallest absolute Gasteiger partial charge is 0.340 e. The van der Waals surface area contributed by atoms with Crippen molar-refractivity contribution >= 4 is 35.3 Å². The molecule has 0 bridgehead atoms. The molecule has 0 spiro atoms. The van der Waals surface area contributed by atoms with Gasteiger partial charge in [-0.3, -0.25) is 0 Å². The summed E-state index contributed by atoms with van der Waals surface area (Å²) < 4.78 is 23.6. The summed E-state index contributed by atoms with van der Waals surface area (Å²) in [7, 11) is 0. The quantitative estimate of drug-likeness (QED) is 0.462. The Hall–Kier alpha value is -3.59. The van der Waals surface area contributed by atoms with Gasteiger partial charge in [0.2, 0.25) is 0 Å². The minimum atomic E-state index is -0.852. The number of carbonyl (C=O) groups excluding carboxylic acids is 3. The molecule has 4 N–H and O–H groups in total. The lowest BCUT2D eigenvalue weighted by Crippen LogP contribution is -2.47. The van der Waals surface area contributed by atoms with Crippen molar-refractivity contribution in [1.82, 2.24) is 10.6 Å². The van der Waals surface area contributed by atoms with Crippen LogP contribution in [0.2, 0.25) is 5.02 Å². The van der Waals surface area contributed by atoms with E-state index in [0.717, 1.165) is 12.1 Å². The Morgan fingerprint density at radius 2 is 1.84 bits per heavy atom. The molecule has 162 valence electrons. The SMILES string of the molecule is CCOC(=O)C1=C(COC(=O)c2ccc(F)cc2N)NC(=O)NC1c1ccc(Cl)cc1. The van der Waals surface area contributed by atoms with Crippen LogP contribution in [0.1, 0.15) is 28.9 Å².